The number of nitrogens with one attached hydrogen (secondary N) is 3. The van der Waals surface area contributed by atoms with Crippen molar-refractivity contribution in [2.24, 2.45) is 17.8 Å². The summed E-state index contributed by atoms with van der Waals surface area (Å²) in [6.45, 7) is 2.58. The van der Waals surface area contributed by atoms with E-state index in [-0.39, 0.29) is 30.0 Å². The van der Waals surface area contributed by atoms with E-state index in [1.807, 2.05) is 0 Å². The molecule has 3 N–H and O–H groups in total. The molecule has 0 radical (unpaired) electrons. The quantitative estimate of drug-likeness (QED) is 0.665. The van der Waals surface area contributed by atoms with E-state index in [0.717, 1.165) is 45.3 Å². The fourth-order valence-corrected chi connectivity index (χ4v) is 5.51. The van der Waals surface area contributed by atoms with Crippen LogP contribution in [0.3, 0.4) is 0 Å². The second-order valence-corrected chi connectivity index (χ2v) is 9.29. The van der Waals surface area contributed by atoms with Crippen LogP contribution in [0.15, 0.2) is 0 Å². The lowest BCUT2D eigenvalue weighted by Gasteiger charge is -2.29. The zero-order valence-electron chi connectivity index (χ0n) is 16.9. The molecule has 2 saturated heterocycles. The number of hydrazine groups is 1. The van der Waals surface area contributed by atoms with Gasteiger partial charge in [-0.3, -0.25) is 15.1 Å². The number of rotatable bonds is 5. The summed E-state index contributed by atoms with van der Waals surface area (Å²) < 4.78 is 0. The van der Waals surface area contributed by atoms with Gasteiger partial charge >= 0.3 is 0 Å². The Hall–Kier alpha value is -1.20. The van der Waals surface area contributed by atoms with E-state index in [2.05, 4.69) is 27.3 Å². The van der Waals surface area contributed by atoms with Crippen LogP contribution >= 0.6 is 0 Å². The third-order valence-electron chi connectivity index (χ3n) is 7.11. The molecule has 4 rings (SSSR count). The van der Waals surface area contributed by atoms with Crippen LogP contribution in [-0.2, 0) is 9.63 Å². The van der Waals surface area contributed by atoms with Crippen molar-refractivity contribution in [3.05, 3.63) is 0 Å². The molecule has 5 unspecified atom stereocenters. The van der Waals surface area contributed by atoms with Crippen LogP contribution in [0.4, 0.5) is 0 Å². The maximum Gasteiger partial charge on any atom is 0.239 e. The van der Waals surface area contributed by atoms with Gasteiger partial charge in [-0.05, 0) is 43.9 Å². The van der Waals surface area contributed by atoms with Gasteiger partial charge in [-0.2, -0.15) is 10.7 Å². The summed E-state index contributed by atoms with van der Waals surface area (Å²) in [7, 11) is 0. The van der Waals surface area contributed by atoms with Crippen LogP contribution in [-0.4, -0.2) is 48.7 Å². The summed E-state index contributed by atoms with van der Waals surface area (Å²) in [5, 5.41) is 14.6. The smallest absolute Gasteiger partial charge is 0.239 e. The predicted octanol–water partition coefficient (Wildman–Crippen LogP) is 1.86. The zero-order valence-corrected chi connectivity index (χ0v) is 16.9. The van der Waals surface area contributed by atoms with Gasteiger partial charge in [0, 0.05) is 32.0 Å². The van der Waals surface area contributed by atoms with Gasteiger partial charge in [-0.15, -0.1) is 0 Å². The number of carbonyl (C=O) groups excluding carboxylic acids is 1. The molecular formula is C21H35N5O2. The largest absolute Gasteiger partial charge is 0.349 e. The van der Waals surface area contributed by atoms with Crippen LogP contribution < -0.4 is 16.2 Å². The first-order valence-corrected chi connectivity index (χ1v) is 11.3. The Labute approximate surface area is 168 Å². The fourth-order valence-electron chi connectivity index (χ4n) is 5.51. The maximum absolute atomic E-state index is 12.7. The van der Waals surface area contributed by atoms with Crippen LogP contribution in [0, 0.1) is 29.1 Å². The number of amides is 1. The number of hydrogen-bond acceptors (Lipinski definition) is 6. The highest BCUT2D eigenvalue weighted by Crippen LogP contribution is 2.32. The molecule has 2 saturated carbocycles. The Balaban J connectivity index is 1.18. The normalized spacial score (nSPS) is 37.6. The van der Waals surface area contributed by atoms with Gasteiger partial charge in [0.05, 0.1) is 18.2 Å². The van der Waals surface area contributed by atoms with Crippen molar-refractivity contribution >= 4 is 5.91 Å². The van der Waals surface area contributed by atoms with Crippen molar-refractivity contribution in [2.75, 3.05) is 19.6 Å². The lowest BCUT2D eigenvalue weighted by atomic mass is 9.82. The first kappa shape index (κ1) is 20.1. The summed E-state index contributed by atoms with van der Waals surface area (Å²) in [6, 6.07) is 2.35. The number of nitrogens with zero attached hydrogens (tertiary/aromatic N) is 2. The molecule has 7 nitrogen and oxygen atoms in total. The standard InChI is InChI=1S/C21H35N5O2/c22-11-15-5-4-6-16(9-15)13-26-14-18(12-23-26)24-21(27)19-10-20(28-25-19)17-7-2-1-3-8-17/h15-20,23,25H,1-10,12-14H2,(H,24,27). The molecule has 4 fully saturated rings. The molecule has 2 heterocycles. The van der Waals surface area contributed by atoms with Gasteiger partial charge in [0.1, 0.15) is 6.04 Å². The average molecular weight is 390 g/mol. The van der Waals surface area contributed by atoms with E-state index in [1.54, 1.807) is 0 Å². The van der Waals surface area contributed by atoms with Crippen LogP contribution in [0.2, 0.25) is 0 Å². The lowest BCUT2D eigenvalue weighted by Crippen LogP contribution is -2.47. The first-order valence-electron chi connectivity index (χ1n) is 11.3. The molecule has 0 bridgehead atoms. The molecule has 5 atom stereocenters. The SMILES string of the molecule is N#CC1CCCC(CN2CC(NC(=O)C3CC(C4CCCCC4)ON3)CN2)C1. The second-order valence-electron chi connectivity index (χ2n) is 9.29. The van der Waals surface area contributed by atoms with Gasteiger partial charge in [-0.1, -0.05) is 25.7 Å². The van der Waals surface area contributed by atoms with Crippen LogP contribution in [0.25, 0.3) is 0 Å². The van der Waals surface area contributed by atoms with E-state index in [1.165, 1.54) is 38.5 Å². The molecule has 2 aliphatic heterocycles. The lowest BCUT2D eigenvalue weighted by molar-refractivity contribution is -0.125. The minimum absolute atomic E-state index is 0.0640. The van der Waals surface area contributed by atoms with Crippen molar-refractivity contribution in [2.45, 2.75) is 82.4 Å². The minimum Gasteiger partial charge on any atom is -0.349 e. The Morgan fingerprint density at radius 3 is 2.82 bits per heavy atom. The highest BCUT2D eigenvalue weighted by atomic mass is 16.7. The van der Waals surface area contributed by atoms with Crippen molar-refractivity contribution in [3.63, 3.8) is 0 Å². The molecule has 0 aromatic carbocycles. The number of nitriles is 1. The highest BCUT2D eigenvalue weighted by molar-refractivity contribution is 5.82. The summed E-state index contributed by atoms with van der Waals surface area (Å²) in [5.41, 5.74) is 6.42. The third-order valence-corrected chi connectivity index (χ3v) is 7.11. The summed E-state index contributed by atoms with van der Waals surface area (Å²) >= 11 is 0. The molecule has 0 aromatic rings. The zero-order chi connectivity index (χ0) is 19.3. The van der Waals surface area contributed by atoms with Crippen LogP contribution in [0.5, 0.6) is 0 Å². The van der Waals surface area contributed by atoms with Gasteiger partial charge in [-0.25, -0.2) is 5.01 Å². The van der Waals surface area contributed by atoms with Gasteiger partial charge in [0.25, 0.3) is 0 Å². The molecule has 0 aromatic heterocycles. The van der Waals surface area contributed by atoms with Gasteiger partial charge < -0.3 is 5.32 Å². The van der Waals surface area contributed by atoms with Crippen molar-refractivity contribution < 1.29 is 9.63 Å². The molecule has 0 spiro atoms. The molecule has 28 heavy (non-hydrogen) atoms. The van der Waals surface area contributed by atoms with E-state index in [0.29, 0.717) is 11.8 Å². The fraction of sp³-hybridized carbons (Fsp3) is 0.905. The average Bonchev–Trinajstić information content (AvgIpc) is 3.39. The summed E-state index contributed by atoms with van der Waals surface area (Å²) in [5.74, 6) is 1.48. The molecule has 156 valence electrons. The Bertz CT molecular complexity index is 574. The Morgan fingerprint density at radius 1 is 1.14 bits per heavy atom. The molecule has 4 aliphatic rings. The van der Waals surface area contributed by atoms with E-state index in [9.17, 15) is 10.1 Å². The monoisotopic (exact) mass is 389 g/mol. The van der Waals surface area contributed by atoms with Gasteiger partial charge in [0.2, 0.25) is 5.91 Å². The van der Waals surface area contributed by atoms with Crippen molar-refractivity contribution in [1.82, 2.24) is 21.2 Å². The van der Waals surface area contributed by atoms with Gasteiger partial charge in [0.15, 0.2) is 0 Å². The molecule has 1 amide bonds. The first-order chi connectivity index (χ1) is 13.7. The summed E-state index contributed by atoms with van der Waals surface area (Å²) in [6.07, 6.45) is 11.8. The predicted molar refractivity (Wildman–Crippen MR) is 106 cm³/mol. The number of hydrogen-bond donors (Lipinski definition) is 3. The van der Waals surface area contributed by atoms with E-state index >= 15 is 0 Å². The van der Waals surface area contributed by atoms with Crippen LogP contribution in [0.1, 0.15) is 64.2 Å². The number of carbonyl (C=O) groups is 1. The third kappa shape index (κ3) is 5.04. The topological polar surface area (TPSA) is 89.4 Å². The van der Waals surface area contributed by atoms with Crippen molar-refractivity contribution in [3.8, 4) is 6.07 Å². The van der Waals surface area contributed by atoms with E-state index < -0.39 is 0 Å². The Morgan fingerprint density at radius 2 is 2.00 bits per heavy atom. The molecule has 7 heteroatoms. The highest BCUT2D eigenvalue weighted by Gasteiger charge is 2.37. The Kier molecular flexibility index (Phi) is 6.84. The summed E-state index contributed by atoms with van der Waals surface area (Å²) in [4.78, 5) is 18.4. The maximum atomic E-state index is 12.7. The van der Waals surface area contributed by atoms with E-state index in [4.69, 9.17) is 4.84 Å². The minimum atomic E-state index is -0.226. The molecular weight excluding hydrogens is 354 g/mol. The van der Waals surface area contributed by atoms with Crippen molar-refractivity contribution in [1.29, 1.82) is 5.26 Å². The number of hydroxylamine groups is 1. The molecule has 2 aliphatic carbocycles. The second kappa shape index (κ2) is 9.53.